The normalized spacial score (nSPS) is 11.5. The van der Waals surface area contributed by atoms with Crippen molar-refractivity contribution in [2.45, 2.75) is 0 Å². The summed E-state index contributed by atoms with van der Waals surface area (Å²) in [6.45, 7) is 7.35. The lowest BCUT2D eigenvalue weighted by Gasteiger charge is -1.94. The Bertz CT molecular complexity index is 158. The number of hydrogen-bond donors (Lipinski definition) is 1. The third-order valence-electron chi connectivity index (χ3n) is 1.23. The molecule has 0 amide bonds. The van der Waals surface area contributed by atoms with Gasteiger partial charge in [-0.15, -0.1) is 13.2 Å². The first-order valence-electron chi connectivity index (χ1n) is 3.54. The smallest absolute Gasteiger partial charge is 0.0615 e. The third-order valence-corrected chi connectivity index (χ3v) is 1.23. The molecule has 0 aromatic heterocycles. The predicted octanol–water partition coefficient (Wildman–Crippen LogP) is 2.08. The Labute approximate surface area is 68.1 Å². The van der Waals surface area contributed by atoms with Crippen LogP contribution in [0.3, 0.4) is 0 Å². The van der Waals surface area contributed by atoms with Crippen LogP contribution < -0.4 is 0 Å². The van der Waals surface area contributed by atoms with E-state index in [1.807, 2.05) is 12.2 Å². The zero-order chi connectivity index (χ0) is 8.53. The number of hydrogen-bond acceptors (Lipinski definition) is 1. The second-order valence-corrected chi connectivity index (χ2v) is 2.04. The SMILES string of the molecule is C=CC(C=C)/C=C/C=C/CO. The van der Waals surface area contributed by atoms with Crippen LogP contribution in [0.4, 0.5) is 0 Å². The average molecular weight is 150 g/mol. The molecule has 0 fully saturated rings. The van der Waals surface area contributed by atoms with Crippen molar-refractivity contribution in [1.29, 1.82) is 0 Å². The molecule has 1 nitrogen and oxygen atoms in total. The molecule has 0 spiro atoms. The van der Waals surface area contributed by atoms with Crippen molar-refractivity contribution >= 4 is 0 Å². The standard InChI is InChI=1S/C10H14O/c1-3-10(4-2)8-6-5-7-9-11/h3-8,10-11H,1-2,9H2/b7-5+,8-6+. The quantitative estimate of drug-likeness (QED) is 0.470. The Kier molecular flexibility index (Phi) is 6.34. The summed E-state index contributed by atoms with van der Waals surface area (Å²) >= 11 is 0. The molecule has 1 heteroatoms. The molecule has 0 aliphatic heterocycles. The average Bonchev–Trinajstić information content (AvgIpc) is 2.05. The van der Waals surface area contributed by atoms with Crippen LogP contribution in [-0.2, 0) is 0 Å². The van der Waals surface area contributed by atoms with Crippen molar-refractivity contribution in [2.75, 3.05) is 6.61 Å². The largest absolute Gasteiger partial charge is 0.392 e. The van der Waals surface area contributed by atoms with Crippen LogP contribution in [0.15, 0.2) is 49.6 Å². The Hall–Kier alpha value is -1.08. The number of allylic oxidation sites excluding steroid dienone is 5. The van der Waals surface area contributed by atoms with E-state index in [1.165, 1.54) is 0 Å². The van der Waals surface area contributed by atoms with Crippen molar-refractivity contribution in [2.24, 2.45) is 5.92 Å². The van der Waals surface area contributed by atoms with Crippen molar-refractivity contribution in [3.63, 3.8) is 0 Å². The summed E-state index contributed by atoms with van der Waals surface area (Å²) in [5.74, 6) is 0.221. The molecule has 0 saturated carbocycles. The minimum absolute atomic E-state index is 0.0805. The summed E-state index contributed by atoms with van der Waals surface area (Å²) in [5, 5.41) is 8.38. The first-order chi connectivity index (χ1) is 5.35. The van der Waals surface area contributed by atoms with Gasteiger partial charge in [-0.2, -0.15) is 0 Å². The maximum atomic E-state index is 8.38. The first-order valence-corrected chi connectivity index (χ1v) is 3.54. The van der Waals surface area contributed by atoms with Gasteiger partial charge in [-0.25, -0.2) is 0 Å². The molecule has 0 aliphatic carbocycles. The summed E-state index contributed by atoms with van der Waals surface area (Å²) in [5.41, 5.74) is 0. The maximum Gasteiger partial charge on any atom is 0.0615 e. The van der Waals surface area contributed by atoms with Gasteiger partial charge in [0.1, 0.15) is 0 Å². The van der Waals surface area contributed by atoms with Gasteiger partial charge in [0.2, 0.25) is 0 Å². The molecule has 0 heterocycles. The number of rotatable bonds is 5. The van der Waals surface area contributed by atoms with Crippen LogP contribution in [0.25, 0.3) is 0 Å². The molecule has 11 heavy (non-hydrogen) atoms. The van der Waals surface area contributed by atoms with Gasteiger partial charge < -0.3 is 5.11 Å². The first kappa shape index (κ1) is 9.92. The van der Waals surface area contributed by atoms with Crippen LogP contribution in [0.5, 0.6) is 0 Å². The van der Waals surface area contributed by atoms with E-state index in [1.54, 1.807) is 24.3 Å². The van der Waals surface area contributed by atoms with Gasteiger partial charge in [-0.05, 0) is 0 Å². The summed E-state index contributed by atoms with van der Waals surface area (Å²) < 4.78 is 0. The summed E-state index contributed by atoms with van der Waals surface area (Å²) in [4.78, 5) is 0. The highest BCUT2D eigenvalue weighted by molar-refractivity contribution is 5.11. The Morgan fingerprint density at radius 3 is 2.27 bits per heavy atom. The van der Waals surface area contributed by atoms with Crippen LogP contribution in [0.1, 0.15) is 0 Å². The van der Waals surface area contributed by atoms with Gasteiger partial charge in [0, 0.05) is 5.92 Å². The van der Waals surface area contributed by atoms with E-state index in [9.17, 15) is 0 Å². The molecule has 0 rings (SSSR count). The fraction of sp³-hybridized carbons (Fsp3) is 0.200. The predicted molar refractivity (Wildman–Crippen MR) is 49.2 cm³/mol. The minimum atomic E-state index is 0.0805. The molecule has 0 radical (unpaired) electrons. The maximum absolute atomic E-state index is 8.38. The highest BCUT2D eigenvalue weighted by Crippen LogP contribution is 2.00. The minimum Gasteiger partial charge on any atom is -0.392 e. The van der Waals surface area contributed by atoms with E-state index in [2.05, 4.69) is 13.2 Å². The highest BCUT2D eigenvalue weighted by Gasteiger charge is 1.86. The highest BCUT2D eigenvalue weighted by atomic mass is 16.2. The summed E-state index contributed by atoms with van der Waals surface area (Å²) in [6, 6.07) is 0. The van der Waals surface area contributed by atoms with Gasteiger partial charge in [0.25, 0.3) is 0 Å². The third kappa shape index (κ3) is 5.37. The molecule has 0 unspecified atom stereocenters. The van der Waals surface area contributed by atoms with Gasteiger partial charge >= 0.3 is 0 Å². The van der Waals surface area contributed by atoms with Crippen molar-refractivity contribution < 1.29 is 5.11 Å². The molecule has 0 aromatic rings. The molecule has 0 atom stereocenters. The molecule has 1 N–H and O–H groups in total. The molecular formula is C10H14O. The second-order valence-electron chi connectivity index (χ2n) is 2.04. The summed E-state index contributed by atoms with van der Waals surface area (Å²) in [7, 11) is 0. The summed E-state index contributed by atoms with van der Waals surface area (Å²) in [6.07, 6.45) is 10.9. The van der Waals surface area contributed by atoms with E-state index in [0.717, 1.165) is 0 Å². The van der Waals surface area contributed by atoms with Crippen LogP contribution >= 0.6 is 0 Å². The topological polar surface area (TPSA) is 20.2 Å². The van der Waals surface area contributed by atoms with Gasteiger partial charge in [-0.3, -0.25) is 0 Å². The number of aliphatic hydroxyl groups excluding tert-OH is 1. The molecule has 0 aromatic carbocycles. The van der Waals surface area contributed by atoms with E-state index >= 15 is 0 Å². The lowest BCUT2D eigenvalue weighted by molar-refractivity contribution is 0.343. The van der Waals surface area contributed by atoms with Gasteiger partial charge in [-0.1, -0.05) is 36.5 Å². The van der Waals surface area contributed by atoms with E-state index in [4.69, 9.17) is 5.11 Å². The molecule has 0 bridgehead atoms. The Morgan fingerprint density at radius 2 is 1.82 bits per heavy atom. The zero-order valence-electron chi connectivity index (χ0n) is 6.61. The second kappa shape index (κ2) is 7.03. The Morgan fingerprint density at radius 1 is 1.18 bits per heavy atom. The molecular weight excluding hydrogens is 136 g/mol. The van der Waals surface area contributed by atoms with Crippen LogP contribution in [0.2, 0.25) is 0 Å². The lowest BCUT2D eigenvalue weighted by atomic mass is 10.1. The van der Waals surface area contributed by atoms with Crippen molar-refractivity contribution in [3.8, 4) is 0 Å². The Balaban J connectivity index is 3.79. The van der Waals surface area contributed by atoms with Crippen molar-refractivity contribution in [1.82, 2.24) is 0 Å². The lowest BCUT2D eigenvalue weighted by Crippen LogP contribution is -1.81. The monoisotopic (exact) mass is 150 g/mol. The molecule has 0 aliphatic rings. The van der Waals surface area contributed by atoms with Crippen molar-refractivity contribution in [3.05, 3.63) is 49.6 Å². The van der Waals surface area contributed by atoms with E-state index in [-0.39, 0.29) is 12.5 Å². The van der Waals surface area contributed by atoms with E-state index < -0.39 is 0 Å². The van der Waals surface area contributed by atoms with E-state index in [0.29, 0.717) is 0 Å². The zero-order valence-corrected chi connectivity index (χ0v) is 6.61. The fourth-order valence-corrected chi connectivity index (χ4v) is 0.585. The van der Waals surface area contributed by atoms with Gasteiger partial charge in [0.05, 0.1) is 6.61 Å². The van der Waals surface area contributed by atoms with Crippen LogP contribution in [-0.4, -0.2) is 11.7 Å². The molecule has 0 saturated heterocycles. The van der Waals surface area contributed by atoms with Gasteiger partial charge in [0.15, 0.2) is 0 Å². The fourth-order valence-electron chi connectivity index (χ4n) is 0.585. The van der Waals surface area contributed by atoms with Crippen LogP contribution in [0, 0.1) is 5.92 Å². The molecule has 60 valence electrons. The number of aliphatic hydroxyl groups is 1.